The fraction of sp³-hybridized carbons (Fsp3) is 0.278. The molecule has 2 N–H and O–H groups in total. The van der Waals surface area contributed by atoms with Crippen LogP contribution in [-0.4, -0.2) is 23.8 Å². The van der Waals surface area contributed by atoms with Crippen LogP contribution in [0.4, 0.5) is 4.39 Å². The molecule has 25 heavy (non-hydrogen) atoms. The van der Waals surface area contributed by atoms with E-state index in [2.05, 4.69) is 5.32 Å². The van der Waals surface area contributed by atoms with Gasteiger partial charge >= 0.3 is 0 Å². The molecule has 2 aromatic rings. The van der Waals surface area contributed by atoms with Gasteiger partial charge in [0.25, 0.3) is 0 Å². The number of thiophene rings is 1. The number of benzene rings is 1. The van der Waals surface area contributed by atoms with Crippen molar-refractivity contribution in [3.05, 3.63) is 45.4 Å². The predicted molar refractivity (Wildman–Crippen MR) is 94.8 cm³/mol. The molecule has 0 radical (unpaired) electrons. The van der Waals surface area contributed by atoms with E-state index in [0.717, 1.165) is 20.9 Å². The second kappa shape index (κ2) is 5.97. The zero-order chi connectivity index (χ0) is 18.4. The molecule has 3 rings (SSSR count). The van der Waals surface area contributed by atoms with E-state index in [1.165, 1.54) is 28.4 Å². The third-order valence-corrected chi connectivity index (χ3v) is 5.78. The number of carbonyl (C=O) groups is 1. The van der Waals surface area contributed by atoms with E-state index in [9.17, 15) is 9.18 Å². The summed E-state index contributed by atoms with van der Waals surface area (Å²) in [6.45, 7) is 3.84. The van der Waals surface area contributed by atoms with Crippen molar-refractivity contribution in [3.8, 4) is 17.2 Å². The molecule has 1 fully saturated rings. The molecule has 1 atom stereocenters. The fourth-order valence-electron chi connectivity index (χ4n) is 2.90. The van der Waals surface area contributed by atoms with Crippen molar-refractivity contribution in [2.24, 2.45) is 0 Å². The number of hydrogen-bond donors (Lipinski definition) is 2. The van der Waals surface area contributed by atoms with E-state index in [-0.39, 0.29) is 23.9 Å². The molecule has 128 valence electrons. The van der Waals surface area contributed by atoms with Crippen LogP contribution in [0.25, 0.3) is 11.1 Å². The van der Waals surface area contributed by atoms with Crippen LogP contribution in [0.3, 0.4) is 0 Å². The number of carbonyl (C=O) groups excluding carboxylic acids is 1. The summed E-state index contributed by atoms with van der Waals surface area (Å²) in [7, 11) is 1.57. The maximum atomic E-state index is 13.6. The first-order chi connectivity index (χ1) is 11.7. The first-order valence-corrected chi connectivity index (χ1v) is 8.51. The summed E-state index contributed by atoms with van der Waals surface area (Å²) in [6, 6.07) is 8.28. The largest absolute Gasteiger partial charge is 0.345 e. The average Bonchev–Trinajstić information content (AvgIpc) is 2.96. The molecule has 5 nitrogen and oxygen atoms in total. The Kier molecular flexibility index (Phi) is 4.09. The summed E-state index contributed by atoms with van der Waals surface area (Å²) in [5.74, 6) is -0.588. The van der Waals surface area contributed by atoms with Crippen LogP contribution in [0.2, 0.25) is 0 Å². The second-order valence-electron chi connectivity index (χ2n) is 6.32. The Hall–Kier alpha value is -2.72. The summed E-state index contributed by atoms with van der Waals surface area (Å²) in [4.78, 5) is 15.4. The SMILES string of the molecule is Cc1sc([C@]2(C)CC(=O)N(C)C(=N)N2)cc1-c1ccc(F)c(C#N)c1. The van der Waals surface area contributed by atoms with Gasteiger partial charge < -0.3 is 5.32 Å². The van der Waals surface area contributed by atoms with Crippen LogP contribution in [0.5, 0.6) is 0 Å². The Morgan fingerprint density at radius 2 is 2.16 bits per heavy atom. The standard InChI is InChI=1S/C18H17FN4OS/c1-10-13(11-4-5-14(19)12(6-11)9-20)7-15(25-10)18(2)8-16(24)23(3)17(21)22-18/h4-7H,8H2,1-3H3,(H2,21,22)/t18-/m0/s1. The average molecular weight is 356 g/mol. The molecule has 0 bridgehead atoms. The smallest absolute Gasteiger partial charge is 0.231 e. The molecule has 1 aromatic carbocycles. The first kappa shape index (κ1) is 17.1. The van der Waals surface area contributed by atoms with Crippen molar-refractivity contribution >= 4 is 23.2 Å². The molecule has 1 aliphatic rings. The number of nitrogens with one attached hydrogen (secondary N) is 2. The lowest BCUT2D eigenvalue weighted by atomic mass is 9.91. The van der Waals surface area contributed by atoms with Crippen LogP contribution >= 0.6 is 11.3 Å². The molecule has 0 aliphatic carbocycles. The highest BCUT2D eigenvalue weighted by molar-refractivity contribution is 7.12. The highest BCUT2D eigenvalue weighted by atomic mass is 32.1. The quantitative estimate of drug-likeness (QED) is 0.866. The number of hydrogen-bond acceptors (Lipinski definition) is 4. The third-order valence-electron chi connectivity index (χ3n) is 4.47. The van der Waals surface area contributed by atoms with E-state index >= 15 is 0 Å². The van der Waals surface area contributed by atoms with E-state index in [4.69, 9.17) is 10.7 Å². The number of amides is 1. The number of nitrogens with zero attached hydrogens (tertiary/aromatic N) is 2. The van der Waals surface area contributed by atoms with Gasteiger partial charge in [0, 0.05) is 16.8 Å². The number of rotatable bonds is 2. The van der Waals surface area contributed by atoms with Gasteiger partial charge in [-0.3, -0.25) is 15.1 Å². The predicted octanol–water partition coefficient (Wildman–Crippen LogP) is 3.34. The Morgan fingerprint density at radius 3 is 2.80 bits per heavy atom. The van der Waals surface area contributed by atoms with E-state index < -0.39 is 11.4 Å². The van der Waals surface area contributed by atoms with Crippen LogP contribution in [0.15, 0.2) is 24.3 Å². The van der Waals surface area contributed by atoms with Gasteiger partial charge in [0.1, 0.15) is 11.9 Å². The molecule has 1 amide bonds. The summed E-state index contributed by atoms with van der Waals surface area (Å²) < 4.78 is 13.6. The molecule has 7 heteroatoms. The molecule has 1 aliphatic heterocycles. The molecule has 1 aromatic heterocycles. The van der Waals surface area contributed by atoms with Crippen molar-refractivity contribution in [2.45, 2.75) is 25.8 Å². The van der Waals surface area contributed by atoms with Gasteiger partial charge in [-0.1, -0.05) is 6.07 Å². The normalized spacial score (nSPS) is 20.4. The Bertz CT molecular complexity index is 910. The Labute approximate surface area is 149 Å². The zero-order valence-electron chi connectivity index (χ0n) is 14.1. The van der Waals surface area contributed by atoms with Gasteiger partial charge in [-0.2, -0.15) is 5.26 Å². The number of guanidine groups is 1. The fourth-order valence-corrected chi connectivity index (χ4v) is 4.04. The number of aryl methyl sites for hydroxylation is 1. The van der Waals surface area contributed by atoms with Crippen molar-refractivity contribution < 1.29 is 9.18 Å². The molecule has 0 spiro atoms. The minimum absolute atomic E-state index is 0.00485. The molecule has 0 unspecified atom stereocenters. The van der Waals surface area contributed by atoms with Crippen LogP contribution in [0.1, 0.15) is 28.7 Å². The summed E-state index contributed by atoms with van der Waals surface area (Å²) in [6.07, 6.45) is 0.248. The first-order valence-electron chi connectivity index (χ1n) is 7.69. The summed E-state index contributed by atoms with van der Waals surface area (Å²) in [5, 5.41) is 20.1. The lowest BCUT2D eigenvalue weighted by Crippen LogP contribution is -2.57. The maximum absolute atomic E-state index is 13.6. The second-order valence-corrected chi connectivity index (χ2v) is 7.58. The van der Waals surface area contributed by atoms with Crippen molar-refractivity contribution in [1.82, 2.24) is 10.2 Å². The Balaban J connectivity index is 2.02. The number of nitriles is 1. The minimum Gasteiger partial charge on any atom is -0.345 e. The minimum atomic E-state index is -0.660. The van der Waals surface area contributed by atoms with Crippen molar-refractivity contribution in [2.75, 3.05) is 7.05 Å². The van der Waals surface area contributed by atoms with Crippen LogP contribution < -0.4 is 5.32 Å². The summed E-state index contributed by atoms with van der Waals surface area (Å²) in [5.41, 5.74) is 1.01. The Morgan fingerprint density at radius 1 is 1.44 bits per heavy atom. The lowest BCUT2D eigenvalue weighted by Gasteiger charge is -2.38. The monoisotopic (exact) mass is 356 g/mol. The molecule has 0 saturated carbocycles. The molecular formula is C18H17FN4OS. The van der Waals surface area contributed by atoms with Gasteiger partial charge in [-0.25, -0.2) is 4.39 Å². The highest BCUT2D eigenvalue weighted by Crippen LogP contribution is 2.39. The lowest BCUT2D eigenvalue weighted by molar-refractivity contribution is -0.129. The van der Waals surface area contributed by atoms with Gasteiger partial charge in [-0.05, 0) is 43.2 Å². The summed E-state index contributed by atoms with van der Waals surface area (Å²) >= 11 is 1.53. The third kappa shape index (κ3) is 2.89. The van der Waals surface area contributed by atoms with Gasteiger partial charge in [-0.15, -0.1) is 11.3 Å². The maximum Gasteiger partial charge on any atom is 0.231 e. The van der Waals surface area contributed by atoms with E-state index in [1.807, 2.05) is 26.0 Å². The molecular weight excluding hydrogens is 339 g/mol. The van der Waals surface area contributed by atoms with Gasteiger partial charge in [0.2, 0.25) is 5.91 Å². The molecule has 1 saturated heterocycles. The topological polar surface area (TPSA) is 80.0 Å². The van der Waals surface area contributed by atoms with Crippen LogP contribution in [-0.2, 0) is 10.3 Å². The van der Waals surface area contributed by atoms with Gasteiger partial charge in [0.05, 0.1) is 17.5 Å². The molecule has 2 heterocycles. The van der Waals surface area contributed by atoms with Crippen LogP contribution in [0, 0.1) is 29.5 Å². The number of halogens is 1. The van der Waals surface area contributed by atoms with Crippen molar-refractivity contribution in [3.63, 3.8) is 0 Å². The zero-order valence-corrected chi connectivity index (χ0v) is 14.9. The van der Waals surface area contributed by atoms with E-state index in [0.29, 0.717) is 0 Å². The van der Waals surface area contributed by atoms with Gasteiger partial charge in [0.15, 0.2) is 5.96 Å². The van der Waals surface area contributed by atoms with E-state index in [1.54, 1.807) is 13.1 Å². The van der Waals surface area contributed by atoms with Crippen molar-refractivity contribution in [1.29, 1.82) is 10.7 Å². The highest BCUT2D eigenvalue weighted by Gasteiger charge is 2.39.